The van der Waals surface area contributed by atoms with E-state index in [9.17, 15) is 9.59 Å². The highest BCUT2D eigenvalue weighted by Gasteiger charge is 2.17. The fourth-order valence-electron chi connectivity index (χ4n) is 4.95. The summed E-state index contributed by atoms with van der Waals surface area (Å²) in [5, 5.41) is 5.97. The summed E-state index contributed by atoms with van der Waals surface area (Å²) in [6.45, 7) is 10.6. The molecule has 0 bridgehead atoms. The molecule has 2 amide bonds. The molecule has 0 radical (unpaired) electrons. The third-order valence-corrected chi connectivity index (χ3v) is 7.64. The number of hydrogen-bond acceptors (Lipinski definition) is 3. The smallest absolute Gasteiger partial charge is 0.318 e. The van der Waals surface area contributed by atoms with Crippen LogP contribution in [-0.4, -0.2) is 11.8 Å². The van der Waals surface area contributed by atoms with Gasteiger partial charge < -0.3 is 16.4 Å². The molecule has 1 unspecified atom stereocenters. The summed E-state index contributed by atoms with van der Waals surface area (Å²) < 4.78 is 0. The number of ketones is 1. The van der Waals surface area contributed by atoms with Crippen molar-refractivity contribution < 1.29 is 9.59 Å². The van der Waals surface area contributed by atoms with E-state index in [1.165, 1.54) is 0 Å². The highest BCUT2D eigenvalue weighted by atomic mass is 16.2. The van der Waals surface area contributed by atoms with Gasteiger partial charge in [-0.15, -0.1) is 0 Å². The van der Waals surface area contributed by atoms with Crippen molar-refractivity contribution in [1.29, 1.82) is 0 Å². The van der Waals surface area contributed by atoms with Crippen molar-refractivity contribution >= 4 is 23.2 Å². The fourth-order valence-corrected chi connectivity index (χ4v) is 4.95. The van der Waals surface area contributed by atoms with Crippen LogP contribution in [0, 0.1) is 0 Å². The summed E-state index contributed by atoms with van der Waals surface area (Å²) in [5.41, 5.74) is 10.7. The second-order valence-electron chi connectivity index (χ2n) is 12.2. The number of para-hydroxylation sites is 1. The van der Waals surface area contributed by atoms with Crippen LogP contribution in [0.2, 0.25) is 0 Å². The monoisotopic (exact) mass is 635 g/mol. The number of rotatable bonds is 20. The fraction of sp³-hybridized carbons (Fsp3) is 0.381. The number of allylic oxidation sites excluding steroid dienone is 12. The van der Waals surface area contributed by atoms with Crippen molar-refractivity contribution in [3.05, 3.63) is 132 Å². The molecule has 0 heterocycles. The average Bonchev–Trinajstić information content (AvgIpc) is 3.05. The van der Waals surface area contributed by atoms with Crippen molar-refractivity contribution in [2.24, 2.45) is 5.73 Å². The molecule has 0 aliphatic rings. The third kappa shape index (κ3) is 15.8. The number of hydrogen-bond donors (Lipinski definition) is 3. The summed E-state index contributed by atoms with van der Waals surface area (Å²) in [5.74, 6) is 0.554. The van der Waals surface area contributed by atoms with Gasteiger partial charge >= 0.3 is 6.03 Å². The summed E-state index contributed by atoms with van der Waals surface area (Å²) >= 11 is 0. The molecule has 5 nitrogen and oxygen atoms in total. The standard InChI is InChI=1S/C42H57N3O2/c1-6-7-8-9-10-11-12-13-14-15-16-17-18-19-20-21-22-23-24-28-39(46)40(43)35-29-31-36(32-30-35)44-42(47)45-41-37(33(2)3)26-25-27-38(41)34(4)5/h7-8,10-11,13-14,16-17,19-20,22-23,25-27,29-34,40H,6,9,12,15,18,21,24,28,43H2,1-5H3,(H2,44,45,47)/b8-7+,11-10+,14-13+,17-16+,20-19+,23-22+. The minimum Gasteiger partial charge on any atom is -0.318 e. The van der Waals surface area contributed by atoms with Crippen LogP contribution in [0.25, 0.3) is 0 Å². The Balaban J connectivity index is 1.68. The van der Waals surface area contributed by atoms with Gasteiger partial charge in [0.2, 0.25) is 0 Å². The molecule has 1 atom stereocenters. The van der Waals surface area contributed by atoms with Crippen molar-refractivity contribution in [3.63, 3.8) is 0 Å². The first-order valence-electron chi connectivity index (χ1n) is 17.2. The topological polar surface area (TPSA) is 84.2 Å². The van der Waals surface area contributed by atoms with Gasteiger partial charge in [0, 0.05) is 17.8 Å². The van der Waals surface area contributed by atoms with Gasteiger partial charge in [-0.25, -0.2) is 4.79 Å². The number of amides is 2. The Morgan fingerprint density at radius 3 is 1.53 bits per heavy atom. The predicted molar refractivity (Wildman–Crippen MR) is 203 cm³/mol. The lowest BCUT2D eigenvalue weighted by Crippen LogP contribution is -2.22. The molecule has 252 valence electrons. The highest BCUT2D eigenvalue weighted by Crippen LogP contribution is 2.32. The molecule has 0 saturated carbocycles. The number of nitrogens with one attached hydrogen (secondary N) is 2. The maximum atomic E-state index is 12.9. The number of carbonyl (C=O) groups excluding carboxylic acids is 2. The molecule has 0 saturated heterocycles. The second-order valence-corrected chi connectivity index (χ2v) is 12.2. The van der Waals surface area contributed by atoms with E-state index in [0.717, 1.165) is 60.9 Å². The Morgan fingerprint density at radius 1 is 0.638 bits per heavy atom. The van der Waals surface area contributed by atoms with E-state index in [-0.39, 0.29) is 23.7 Å². The van der Waals surface area contributed by atoms with Crippen LogP contribution in [0.3, 0.4) is 0 Å². The zero-order chi connectivity index (χ0) is 34.3. The molecule has 4 N–H and O–H groups in total. The Labute approximate surface area is 284 Å². The van der Waals surface area contributed by atoms with E-state index in [4.69, 9.17) is 5.73 Å². The maximum Gasteiger partial charge on any atom is 0.323 e. The van der Waals surface area contributed by atoms with Gasteiger partial charge in [0.25, 0.3) is 0 Å². The summed E-state index contributed by atoms with van der Waals surface area (Å²) in [6.07, 6.45) is 32.9. The quantitative estimate of drug-likeness (QED) is 0.127. The van der Waals surface area contributed by atoms with Crippen LogP contribution in [0.5, 0.6) is 0 Å². The molecule has 0 aliphatic heterocycles. The molecule has 0 aliphatic carbocycles. The van der Waals surface area contributed by atoms with Crippen LogP contribution >= 0.6 is 0 Å². The third-order valence-electron chi connectivity index (χ3n) is 7.64. The molecule has 2 rings (SSSR count). The zero-order valence-corrected chi connectivity index (χ0v) is 29.3. The van der Waals surface area contributed by atoms with Crippen LogP contribution in [-0.2, 0) is 4.79 Å². The van der Waals surface area contributed by atoms with Crippen LogP contribution in [0.4, 0.5) is 16.2 Å². The first-order chi connectivity index (χ1) is 22.7. The van der Waals surface area contributed by atoms with E-state index in [0.29, 0.717) is 18.5 Å². The Hall–Kier alpha value is -4.22. The predicted octanol–water partition coefficient (Wildman–Crippen LogP) is 11.6. The number of anilines is 2. The van der Waals surface area contributed by atoms with Gasteiger partial charge in [0.05, 0.1) is 6.04 Å². The van der Waals surface area contributed by atoms with Crippen molar-refractivity contribution in [3.8, 4) is 0 Å². The Kier molecular flexibility index (Phi) is 19.2. The molecule has 47 heavy (non-hydrogen) atoms. The Morgan fingerprint density at radius 2 is 1.09 bits per heavy atom. The molecular formula is C42H57N3O2. The van der Waals surface area contributed by atoms with Gasteiger partial charge in [-0.1, -0.05) is 138 Å². The lowest BCUT2D eigenvalue weighted by atomic mass is 9.93. The van der Waals surface area contributed by atoms with Crippen molar-refractivity contribution in [2.75, 3.05) is 10.6 Å². The van der Waals surface area contributed by atoms with Gasteiger partial charge in [0.1, 0.15) is 0 Å². The number of carbonyl (C=O) groups is 2. The summed E-state index contributed by atoms with van der Waals surface area (Å²) in [7, 11) is 0. The second kappa shape index (κ2) is 23.2. The number of urea groups is 1. The normalized spacial score (nSPS) is 13.1. The average molecular weight is 636 g/mol. The molecule has 2 aromatic rings. The number of Topliss-reactive ketones (excluding diaryl/α,β-unsaturated/α-hetero) is 1. The first-order valence-corrected chi connectivity index (χ1v) is 17.2. The highest BCUT2D eigenvalue weighted by molar-refractivity contribution is 6.01. The SMILES string of the molecule is CC/C=C/C/C=C/C/C=C/C/C=C/C/C=C/C/C=C/CCC(=O)C(N)c1ccc(NC(=O)Nc2c(C(C)C)cccc2C(C)C)cc1. The van der Waals surface area contributed by atoms with E-state index >= 15 is 0 Å². The van der Waals surface area contributed by atoms with Gasteiger partial charge in [-0.3, -0.25) is 4.79 Å². The first kappa shape index (κ1) is 39.0. The van der Waals surface area contributed by atoms with Crippen LogP contribution in [0.15, 0.2) is 115 Å². The molecule has 0 aromatic heterocycles. The molecule has 0 fully saturated rings. The van der Waals surface area contributed by atoms with Gasteiger partial charge in [-0.05, 0) is 85.6 Å². The van der Waals surface area contributed by atoms with E-state index < -0.39 is 6.04 Å². The molecule has 5 heteroatoms. The largest absolute Gasteiger partial charge is 0.323 e. The maximum absolute atomic E-state index is 12.9. The van der Waals surface area contributed by atoms with E-state index in [1.807, 2.05) is 12.1 Å². The number of nitrogens with two attached hydrogens (primary N) is 1. The lowest BCUT2D eigenvalue weighted by Gasteiger charge is -2.20. The summed E-state index contributed by atoms with van der Waals surface area (Å²) in [4.78, 5) is 25.6. The lowest BCUT2D eigenvalue weighted by molar-refractivity contribution is -0.120. The minimum absolute atomic E-state index is 0.00510. The van der Waals surface area contributed by atoms with Gasteiger partial charge in [0.15, 0.2) is 5.78 Å². The molecule has 0 spiro atoms. The van der Waals surface area contributed by atoms with E-state index in [2.05, 4.69) is 124 Å². The number of benzene rings is 2. The minimum atomic E-state index is -0.691. The van der Waals surface area contributed by atoms with Crippen molar-refractivity contribution in [2.45, 2.75) is 104 Å². The summed E-state index contributed by atoms with van der Waals surface area (Å²) in [6, 6.07) is 12.3. The Bertz CT molecular complexity index is 1370. The van der Waals surface area contributed by atoms with Crippen molar-refractivity contribution in [1.82, 2.24) is 0 Å². The van der Waals surface area contributed by atoms with Crippen LogP contribution in [0.1, 0.15) is 121 Å². The van der Waals surface area contributed by atoms with Gasteiger partial charge in [-0.2, -0.15) is 0 Å². The van der Waals surface area contributed by atoms with E-state index in [1.54, 1.807) is 24.3 Å². The zero-order valence-electron chi connectivity index (χ0n) is 29.3. The van der Waals surface area contributed by atoms with Crippen LogP contribution < -0.4 is 16.4 Å². The molecule has 2 aromatic carbocycles. The molecular weight excluding hydrogens is 578 g/mol.